The summed E-state index contributed by atoms with van der Waals surface area (Å²) in [4.78, 5) is 10.5. The number of hydrogen-bond acceptors (Lipinski definition) is 4. The van der Waals surface area contributed by atoms with Gasteiger partial charge in [-0.1, -0.05) is 29.8 Å². The van der Waals surface area contributed by atoms with Crippen LogP contribution in [0.25, 0.3) is 0 Å². The Morgan fingerprint density at radius 1 is 1.10 bits per heavy atom. The first-order valence-corrected chi connectivity index (χ1v) is 9.86. The zero-order valence-electron chi connectivity index (χ0n) is 17.3. The van der Waals surface area contributed by atoms with Gasteiger partial charge in [0.2, 0.25) is 0 Å². The van der Waals surface area contributed by atoms with E-state index in [4.69, 9.17) is 16.3 Å². The Bertz CT molecular complexity index is 723. The molecule has 0 fully saturated rings. The van der Waals surface area contributed by atoms with Crippen LogP contribution in [-0.2, 0) is 13.0 Å². The molecule has 0 unspecified atom stereocenters. The number of pyridine rings is 1. The molecule has 1 aromatic carbocycles. The standard InChI is InChI=1S/C21H30ClN5O.HI/c1-23-21(24-12-11-18-7-10-20(22)25-15-18)26-16-17-5-8-19(9-6-17)28-14-4-13-27(2)3;/h5-10,15H,4,11-14,16H2,1-3H3,(H2,23,24,26);1H. The summed E-state index contributed by atoms with van der Waals surface area (Å²) in [6.45, 7) is 3.23. The number of guanidine groups is 1. The minimum atomic E-state index is 0. The van der Waals surface area contributed by atoms with Gasteiger partial charge >= 0.3 is 0 Å². The highest BCUT2D eigenvalue weighted by molar-refractivity contribution is 14.0. The van der Waals surface area contributed by atoms with Crippen molar-refractivity contribution in [2.45, 2.75) is 19.4 Å². The van der Waals surface area contributed by atoms with Crippen LogP contribution in [0.3, 0.4) is 0 Å². The molecule has 0 spiro atoms. The Morgan fingerprint density at radius 3 is 2.45 bits per heavy atom. The van der Waals surface area contributed by atoms with Gasteiger partial charge in [0.1, 0.15) is 10.9 Å². The summed E-state index contributed by atoms with van der Waals surface area (Å²) in [7, 11) is 5.91. The molecule has 0 saturated heterocycles. The zero-order valence-corrected chi connectivity index (χ0v) is 20.4. The van der Waals surface area contributed by atoms with E-state index >= 15 is 0 Å². The van der Waals surface area contributed by atoms with Gasteiger partial charge in [0.05, 0.1) is 6.61 Å². The maximum atomic E-state index is 5.81. The van der Waals surface area contributed by atoms with E-state index in [1.807, 2.05) is 18.2 Å². The van der Waals surface area contributed by atoms with Gasteiger partial charge in [0.15, 0.2) is 5.96 Å². The lowest BCUT2D eigenvalue weighted by molar-refractivity contribution is 0.281. The van der Waals surface area contributed by atoms with Crippen LogP contribution in [0, 0.1) is 0 Å². The van der Waals surface area contributed by atoms with Crippen molar-refractivity contribution in [2.75, 3.05) is 40.8 Å². The molecule has 0 aliphatic rings. The predicted molar refractivity (Wildman–Crippen MR) is 132 cm³/mol. The molecule has 0 amide bonds. The van der Waals surface area contributed by atoms with Gasteiger partial charge in [-0.15, -0.1) is 24.0 Å². The average Bonchev–Trinajstić information content (AvgIpc) is 2.70. The van der Waals surface area contributed by atoms with Crippen molar-refractivity contribution >= 4 is 41.5 Å². The number of benzene rings is 1. The minimum absolute atomic E-state index is 0. The predicted octanol–water partition coefficient (Wildman–Crippen LogP) is 3.59. The largest absolute Gasteiger partial charge is 0.494 e. The van der Waals surface area contributed by atoms with Crippen LogP contribution in [0.15, 0.2) is 47.6 Å². The number of hydrogen-bond donors (Lipinski definition) is 2. The summed E-state index contributed by atoms with van der Waals surface area (Å²) in [5.41, 5.74) is 2.30. The van der Waals surface area contributed by atoms with Crippen molar-refractivity contribution < 1.29 is 4.74 Å². The third kappa shape index (κ3) is 10.7. The summed E-state index contributed by atoms with van der Waals surface area (Å²) >= 11 is 5.81. The molecule has 2 aromatic rings. The lowest BCUT2D eigenvalue weighted by Gasteiger charge is -2.13. The fourth-order valence-electron chi connectivity index (χ4n) is 2.56. The molecular formula is C21H31ClIN5O. The highest BCUT2D eigenvalue weighted by atomic mass is 127. The topological polar surface area (TPSA) is 61.8 Å². The SMILES string of the molecule is CN=C(NCCc1ccc(Cl)nc1)NCc1ccc(OCCCN(C)C)cc1.I. The zero-order chi connectivity index (χ0) is 20.2. The third-order valence-corrected chi connectivity index (χ3v) is 4.34. The normalized spacial score (nSPS) is 11.1. The number of aromatic nitrogens is 1. The van der Waals surface area contributed by atoms with Crippen molar-refractivity contribution in [3.05, 3.63) is 58.9 Å². The Balaban J connectivity index is 0.00000420. The van der Waals surface area contributed by atoms with Crippen molar-refractivity contribution in [3.63, 3.8) is 0 Å². The molecule has 8 heteroatoms. The number of rotatable bonds is 10. The van der Waals surface area contributed by atoms with Crippen LogP contribution in [0.5, 0.6) is 5.75 Å². The van der Waals surface area contributed by atoms with Crippen molar-refractivity contribution in [2.24, 2.45) is 4.99 Å². The van der Waals surface area contributed by atoms with Crippen LogP contribution < -0.4 is 15.4 Å². The lowest BCUT2D eigenvalue weighted by Crippen LogP contribution is -2.37. The van der Waals surface area contributed by atoms with E-state index in [2.05, 4.69) is 51.7 Å². The highest BCUT2D eigenvalue weighted by Crippen LogP contribution is 2.12. The molecule has 6 nitrogen and oxygen atoms in total. The summed E-state index contributed by atoms with van der Waals surface area (Å²) in [5, 5.41) is 7.14. The van der Waals surface area contributed by atoms with E-state index in [0.29, 0.717) is 11.7 Å². The number of aliphatic imine (C=N–C) groups is 1. The van der Waals surface area contributed by atoms with E-state index in [-0.39, 0.29) is 24.0 Å². The van der Waals surface area contributed by atoms with E-state index in [1.165, 1.54) is 5.56 Å². The number of nitrogens with one attached hydrogen (secondary N) is 2. The number of ether oxygens (including phenoxy) is 1. The van der Waals surface area contributed by atoms with Crippen LogP contribution in [0.4, 0.5) is 0 Å². The summed E-state index contributed by atoms with van der Waals surface area (Å²) in [5.74, 6) is 1.67. The molecule has 29 heavy (non-hydrogen) atoms. The molecule has 1 aromatic heterocycles. The van der Waals surface area contributed by atoms with Gasteiger partial charge in [-0.3, -0.25) is 4.99 Å². The van der Waals surface area contributed by atoms with E-state index in [1.54, 1.807) is 19.3 Å². The molecule has 0 saturated carbocycles. The monoisotopic (exact) mass is 531 g/mol. The Kier molecular flexibility index (Phi) is 12.6. The van der Waals surface area contributed by atoms with Gasteiger partial charge in [0, 0.05) is 32.9 Å². The summed E-state index contributed by atoms with van der Waals surface area (Å²) in [6, 6.07) is 12.0. The fourth-order valence-corrected chi connectivity index (χ4v) is 2.67. The van der Waals surface area contributed by atoms with Crippen molar-refractivity contribution in [1.82, 2.24) is 20.5 Å². The maximum Gasteiger partial charge on any atom is 0.191 e. The molecule has 0 bridgehead atoms. The van der Waals surface area contributed by atoms with E-state index in [0.717, 1.165) is 49.8 Å². The third-order valence-electron chi connectivity index (χ3n) is 4.12. The van der Waals surface area contributed by atoms with Crippen molar-refractivity contribution in [3.8, 4) is 5.75 Å². The Morgan fingerprint density at radius 2 is 1.83 bits per heavy atom. The first-order chi connectivity index (χ1) is 13.6. The number of halogens is 2. The second-order valence-corrected chi connectivity index (χ2v) is 7.13. The molecule has 160 valence electrons. The summed E-state index contributed by atoms with van der Waals surface area (Å²) < 4.78 is 5.76. The second kappa shape index (κ2) is 14.4. The molecule has 2 N–H and O–H groups in total. The van der Waals surface area contributed by atoms with Gasteiger partial charge < -0.3 is 20.3 Å². The minimum Gasteiger partial charge on any atom is -0.494 e. The molecule has 0 aliphatic carbocycles. The first-order valence-electron chi connectivity index (χ1n) is 9.48. The van der Waals surface area contributed by atoms with E-state index in [9.17, 15) is 0 Å². The Labute approximate surface area is 196 Å². The van der Waals surface area contributed by atoms with Crippen LogP contribution >= 0.6 is 35.6 Å². The molecule has 0 radical (unpaired) electrons. The Hall–Kier alpha value is -1.58. The number of nitrogens with zero attached hydrogens (tertiary/aromatic N) is 3. The van der Waals surface area contributed by atoms with Gasteiger partial charge in [-0.2, -0.15) is 0 Å². The summed E-state index contributed by atoms with van der Waals surface area (Å²) in [6.07, 6.45) is 3.67. The smallest absolute Gasteiger partial charge is 0.191 e. The lowest BCUT2D eigenvalue weighted by atomic mass is 10.2. The molecule has 0 aliphatic heterocycles. The average molecular weight is 532 g/mol. The quantitative estimate of drug-likeness (QED) is 0.161. The first kappa shape index (κ1) is 25.5. The van der Waals surface area contributed by atoms with E-state index < -0.39 is 0 Å². The van der Waals surface area contributed by atoms with Crippen LogP contribution in [0.1, 0.15) is 17.5 Å². The van der Waals surface area contributed by atoms with Gasteiger partial charge in [-0.25, -0.2) is 4.98 Å². The molecule has 1 heterocycles. The van der Waals surface area contributed by atoms with Gasteiger partial charge in [0.25, 0.3) is 0 Å². The van der Waals surface area contributed by atoms with Gasteiger partial charge in [-0.05, 0) is 56.3 Å². The molecular weight excluding hydrogens is 501 g/mol. The van der Waals surface area contributed by atoms with Crippen LogP contribution in [0.2, 0.25) is 5.15 Å². The molecule has 2 rings (SSSR count). The maximum absolute atomic E-state index is 5.81. The fraction of sp³-hybridized carbons (Fsp3) is 0.429. The van der Waals surface area contributed by atoms with Crippen LogP contribution in [-0.4, -0.2) is 56.7 Å². The highest BCUT2D eigenvalue weighted by Gasteiger charge is 2.01. The van der Waals surface area contributed by atoms with Crippen molar-refractivity contribution in [1.29, 1.82) is 0 Å². The second-order valence-electron chi connectivity index (χ2n) is 6.74. The molecule has 0 atom stereocenters.